The highest BCUT2D eigenvalue weighted by Crippen LogP contribution is 2.17. The standard InChI is InChI=1S/C15H24N2O/c1-5-6-7-10-17(12(2)3)15-11-14(13(4)18)8-9-16-15/h8-9,11-12H,5-7,10H2,1-4H3. The molecule has 0 unspecified atom stereocenters. The molecule has 1 rings (SSSR count). The first-order valence-electron chi connectivity index (χ1n) is 6.80. The van der Waals surface area contributed by atoms with E-state index in [9.17, 15) is 4.79 Å². The van der Waals surface area contributed by atoms with Gasteiger partial charge in [-0.25, -0.2) is 4.98 Å². The molecule has 100 valence electrons. The number of hydrogen-bond acceptors (Lipinski definition) is 3. The van der Waals surface area contributed by atoms with Crippen LogP contribution in [0.5, 0.6) is 0 Å². The van der Waals surface area contributed by atoms with E-state index >= 15 is 0 Å². The average Bonchev–Trinajstić information content (AvgIpc) is 2.34. The van der Waals surface area contributed by atoms with Crippen LogP contribution in [0.15, 0.2) is 18.3 Å². The van der Waals surface area contributed by atoms with Crippen LogP contribution >= 0.6 is 0 Å². The van der Waals surface area contributed by atoms with Gasteiger partial charge in [0.15, 0.2) is 5.78 Å². The Morgan fingerprint density at radius 1 is 1.39 bits per heavy atom. The van der Waals surface area contributed by atoms with Crippen molar-refractivity contribution < 1.29 is 4.79 Å². The molecule has 0 radical (unpaired) electrons. The number of hydrogen-bond donors (Lipinski definition) is 0. The molecule has 3 heteroatoms. The minimum Gasteiger partial charge on any atom is -0.354 e. The van der Waals surface area contributed by atoms with Gasteiger partial charge in [0, 0.05) is 24.3 Å². The zero-order valence-electron chi connectivity index (χ0n) is 11.9. The SMILES string of the molecule is CCCCCN(c1cc(C(C)=O)ccn1)C(C)C. The number of nitrogens with zero attached hydrogens (tertiary/aromatic N) is 2. The molecule has 18 heavy (non-hydrogen) atoms. The summed E-state index contributed by atoms with van der Waals surface area (Å²) in [4.78, 5) is 18.1. The predicted molar refractivity (Wildman–Crippen MR) is 76.2 cm³/mol. The van der Waals surface area contributed by atoms with Crippen molar-refractivity contribution in [2.45, 2.75) is 53.0 Å². The second-order valence-electron chi connectivity index (χ2n) is 4.95. The zero-order valence-corrected chi connectivity index (χ0v) is 11.9. The van der Waals surface area contributed by atoms with Crippen molar-refractivity contribution in [2.24, 2.45) is 0 Å². The third-order valence-electron chi connectivity index (χ3n) is 3.07. The fraction of sp³-hybridized carbons (Fsp3) is 0.600. The maximum Gasteiger partial charge on any atom is 0.159 e. The minimum absolute atomic E-state index is 0.0934. The molecule has 0 spiro atoms. The third-order valence-corrected chi connectivity index (χ3v) is 3.07. The highest BCUT2D eigenvalue weighted by Gasteiger charge is 2.12. The predicted octanol–water partition coefficient (Wildman–Crippen LogP) is 3.69. The Kier molecular flexibility index (Phi) is 5.83. The van der Waals surface area contributed by atoms with Crippen LogP contribution in [-0.4, -0.2) is 23.4 Å². The molecular formula is C15H24N2O. The highest BCUT2D eigenvalue weighted by molar-refractivity contribution is 5.94. The number of anilines is 1. The van der Waals surface area contributed by atoms with Gasteiger partial charge in [0.05, 0.1) is 0 Å². The lowest BCUT2D eigenvalue weighted by molar-refractivity contribution is 0.101. The van der Waals surface area contributed by atoms with Gasteiger partial charge in [0.1, 0.15) is 5.82 Å². The van der Waals surface area contributed by atoms with Crippen LogP contribution in [0.3, 0.4) is 0 Å². The lowest BCUT2D eigenvalue weighted by atomic mass is 10.1. The summed E-state index contributed by atoms with van der Waals surface area (Å²) in [5, 5.41) is 0. The second kappa shape index (κ2) is 7.14. The number of carbonyl (C=O) groups excluding carboxylic acids is 1. The first-order chi connectivity index (χ1) is 8.56. The molecule has 0 N–H and O–H groups in total. The molecular weight excluding hydrogens is 224 g/mol. The fourth-order valence-corrected chi connectivity index (χ4v) is 1.96. The topological polar surface area (TPSA) is 33.2 Å². The van der Waals surface area contributed by atoms with E-state index in [1.165, 1.54) is 19.3 Å². The molecule has 0 aliphatic rings. The molecule has 0 aromatic carbocycles. The summed E-state index contributed by atoms with van der Waals surface area (Å²) in [6.07, 6.45) is 5.34. The molecule has 0 bridgehead atoms. The summed E-state index contributed by atoms with van der Waals surface area (Å²) in [7, 11) is 0. The Balaban J connectivity index is 2.84. The Bertz CT molecular complexity index is 388. The smallest absolute Gasteiger partial charge is 0.159 e. The number of aromatic nitrogens is 1. The van der Waals surface area contributed by atoms with Gasteiger partial charge in [-0.2, -0.15) is 0 Å². The van der Waals surface area contributed by atoms with Crippen LogP contribution < -0.4 is 4.90 Å². The average molecular weight is 248 g/mol. The van der Waals surface area contributed by atoms with Crippen molar-refractivity contribution in [3.63, 3.8) is 0 Å². The summed E-state index contributed by atoms with van der Waals surface area (Å²) in [5.74, 6) is 1.00. The molecule has 0 aliphatic heterocycles. The molecule has 1 aromatic rings. The van der Waals surface area contributed by atoms with Crippen molar-refractivity contribution in [3.05, 3.63) is 23.9 Å². The van der Waals surface area contributed by atoms with E-state index in [1.807, 2.05) is 6.07 Å². The molecule has 3 nitrogen and oxygen atoms in total. The van der Waals surface area contributed by atoms with Gasteiger partial charge < -0.3 is 4.90 Å². The van der Waals surface area contributed by atoms with E-state index < -0.39 is 0 Å². The Labute approximate surface area is 110 Å². The maximum atomic E-state index is 11.4. The Hall–Kier alpha value is -1.38. The van der Waals surface area contributed by atoms with Crippen LogP contribution in [0.4, 0.5) is 5.82 Å². The van der Waals surface area contributed by atoms with Gasteiger partial charge in [-0.1, -0.05) is 19.8 Å². The Morgan fingerprint density at radius 3 is 2.67 bits per heavy atom. The molecule has 0 saturated heterocycles. The summed E-state index contributed by atoms with van der Waals surface area (Å²) in [5.41, 5.74) is 0.737. The van der Waals surface area contributed by atoms with Crippen molar-refractivity contribution in [1.29, 1.82) is 0 Å². The highest BCUT2D eigenvalue weighted by atomic mass is 16.1. The first-order valence-corrected chi connectivity index (χ1v) is 6.80. The monoisotopic (exact) mass is 248 g/mol. The van der Waals surface area contributed by atoms with Crippen LogP contribution in [0, 0.1) is 0 Å². The van der Waals surface area contributed by atoms with E-state index in [0.717, 1.165) is 17.9 Å². The summed E-state index contributed by atoms with van der Waals surface area (Å²) >= 11 is 0. The van der Waals surface area contributed by atoms with Crippen molar-refractivity contribution in [3.8, 4) is 0 Å². The number of rotatable bonds is 7. The molecule has 0 saturated carbocycles. The second-order valence-corrected chi connectivity index (χ2v) is 4.95. The van der Waals surface area contributed by atoms with E-state index in [1.54, 1.807) is 19.2 Å². The van der Waals surface area contributed by atoms with Crippen LogP contribution in [-0.2, 0) is 0 Å². The molecule has 1 heterocycles. The van der Waals surface area contributed by atoms with Gasteiger partial charge in [0.2, 0.25) is 0 Å². The van der Waals surface area contributed by atoms with Gasteiger partial charge in [0.25, 0.3) is 0 Å². The van der Waals surface area contributed by atoms with Crippen LogP contribution in [0.1, 0.15) is 57.3 Å². The van der Waals surface area contributed by atoms with Gasteiger partial charge >= 0.3 is 0 Å². The molecule has 0 atom stereocenters. The quantitative estimate of drug-likeness (QED) is 0.545. The van der Waals surface area contributed by atoms with Crippen molar-refractivity contribution in [2.75, 3.05) is 11.4 Å². The lowest BCUT2D eigenvalue weighted by Crippen LogP contribution is -2.32. The fourth-order valence-electron chi connectivity index (χ4n) is 1.96. The van der Waals surface area contributed by atoms with E-state index in [2.05, 4.69) is 30.7 Å². The van der Waals surface area contributed by atoms with E-state index in [0.29, 0.717) is 6.04 Å². The number of unbranched alkanes of at least 4 members (excludes halogenated alkanes) is 2. The van der Waals surface area contributed by atoms with Gasteiger partial charge in [-0.15, -0.1) is 0 Å². The summed E-state index contributed by atoms with van der Waals surface area (Å²) in [6.45, 7) is 9.12. The normalized spacial score (nSPS) is 10.7. The molecule has 0 amide bonds. The van der Waals surface area contributed by atoms with Crippen LogP contribution in [0.2, 0.25) is 0 Å². The lowest BCUT2D eigenvalue weighted by Gasteiger charge is -2.28. The summed E-state index contributed by atoms with van der Waals surface area (Å²) < 4.78 is 0. The maximum absolute atomic E-state index is 11.4. The van der Waals surface area contributed by atoms with Gasteiger partial charge in [-0.05, 0) is 39.3 Å². The number of pyridine rings is 1. The zero-order chi connectivity index (χ0) is 13.5. The summed E-state index contributed by atoms with van der Waals surface area (Å²) in [6, 6.07) is 4.07. The Morgan fingerprint density at radius 2 is 2.11 bits per heavy atom. The first kappa shape index (κ1) is 14.7. The molecule has 0 fully saturated rings. The number of Topliss-reactive ketones (excluding diaryl/α,β-unsaturated/α-hetero) is 1. The number of carbonyl (C=O) groups is 1. The van der Waals surface area contributed by atoms with E-state index in [4.69, 9.17) is 0 Å². The van der Waals surface area contributed by atoms with Crippen molar-refractivity contribution >= 4 is 11.6 Å². The van der Waals surface area contributed by atoms with E-state index in [-0.39, 0.29) is 5.78 Å². The molecule has 1 aromatic heterocycles. The van der Waals surface area contributed by atoms with Crippen LogP contribution in [0.25, 0.3) is 0 Å². The van der Waals surface area contributed by atoms with Gasteiger partial charge in [-0.3, -0.25) is 4.79 Å². The molecule has 0 aliphatic carbocycles. The third kappa shape index (κ3) is 4.13. The largest absolute Gasteiger partial charge is 0.354 e. The minimum atomic E-state index is 0.0934. The number of ketones is 1. The van der Waals surface area contributed by atoms with Crippen molar-refractivity contribution in [1.82, 2.24) is 4.98 Å².